The Balaban J connectivity index is 1.79. The third kappa shape index (κ3) is 5.60. The smallest absolute Gasteiger partial charge is 0.321 e. The van der Waals surface area contributed by atoms with Gasteiger partial charge in [0.25, 0.3) is 0 Å². The van der Waals surface area contributed by atoms with E-state index in [4.69, 9.17) is 14.2 Å². The molecule has 0 amide bonds. The molecule has 2 aromatic carbocycles. The number of carbonyl (C=O) groups excluding carboxylic acids is 1. The van der Waals surface area contributed by atoms with Gasteiger partial charge in [-0.2, -0.15) is 4.72 Å². The van der Waals surface area contributed by atoms with Gasteiger partial charge < -0.3 is 14.2 Å². The van der Waals surface area contributed by atoms with Gasteiger partial charge in [-0.25, -0.2) is 21.6 Å². The molecule has 0 fully saturated rings. The van der Waals surface area contributed by atoms with Crippen LogP contribution in [0.5, 0.6) is 11.5 Å². The minimum absolute atomic E-state index is 0.00260. The highest BCUT2D eigenvalue weighted by atomic mass is 32.2. The molecule has 152 valence electrons. The van der Waals surface area contributed by atoms with E-state index in [0.717, 1.165) is 0 Å². The quantitative estimate of drug-likeness (QED) is 0.380. The highest BCUT2D eigenvalue weighted by molar-refractivity contribution is 7.89. The van der Waals surface area contributed by atoms with E-state index in [0.29, 0.717) is 23.6 Å². The molecular formula is C17H16F3NO6S. The SMILES string of the molecule is COc1ccc(OCCOC(=O)CNS(=O)(=O)c2ccc(F)c(F)c2F)cc1. The molecule has 0 atom stereocenters. The fourth-order valence-electron chi connectivity index (χ4n) is 1.99. The van der Waals surface area contributed by atoms with Gasteiger partial charge in [-0.1, -0.05) is 0 Å². The summed E-state index contributed by atoms with van der Waals surface area (Å²) in [6, 6.07) is 7.64. The van der Waals surface area contributed by atoms with Gasteiger partial charge in [-0.05, 0) is 36.4 Å². The molecule has 28 heavy (non-hydrogen) atoms. The molecule has 11 heteroatoms. The zero-order valence-corrected chi connectivity index (χ0v) is 15.4. The minimum Gasteiger partial charge on any atom is -0.497 e. The Morgan fingerprint density at radius 1 is 0.964 bits per heavy atom. The first-order chi connectivity index (χ1) is 13.2. The molecule has 0 aliphatic rings. The van der Waals surface area contributed by atoms with Crippen molar-refractivity contribution >= 4 is 16.0 Å². The van der Waals surface area contributed by atoms with E-state index in [2.05, 4.69) is 0 Å². The maximum Gasteiger partial charge on any atom is 0.321 e. The molecule has 0 radical (unpaired) electrons. The maximum atomic E-state index is 13.6. The van der Waals surface area contributed by atoms with Crippen molar-refractivity contribution in [3.8, 4) is 11.5 Å². The largest absolute Gasteiger partial charge is 0.497 e. The number of benzene rings is 2. The van der Waals surface area contributed by atoms with Crippen molar-refractivity contribution < 1.29 is 40.6 Å². The summed E-state index contributed by atoms with van der Waals surface area (Å²) in [6.07, 6.45) is 0. The molecule has 0 unspecified atom stereocenters. The Kier molecular flexibility index (Phi) is 7.24. The predicted octanol–water partition coefficient (Wildman–Crippen LogP) is 2.01. The van der Waals surface area contributed by atoms with E-state index in [1.54, 1.807) is 29.0 Å². The average molecular weight is 419 g/mol. The number of nitrogens with one attached hydrogen (secondary N) is 1. The van der Waals surface area contributed by atoms with E-state index >= 15 is 0 Å². The topological polar surface area (TPSA) is 90.9 Å². The van der Waals surface area contributed by atoms with E-state index in [9.17, 15) is 26.4 Å². The van der Waals surface area contributed by atoms with Crippen LogP contribution in [0.3, 0.4) is 0 Å². The molecule has 0 heterocycles. The van der Waals surface area contributed by atoms with E-state index < -0.39 is 44.9 Å². The minimum atomic E-state index is -4.58. The maximum absolute atomic E-state index is 13.6. The zero-order valence-electron chi connectivity index (χ0n) is 14.6. The van der Waals surface area contributed by atoms with Gasteiger partial charge in [0.1, 0.15) is 36.2 Å². The molecule has 0 spiro atoms. The predicted molar refractivity (Wildman–Crippen MR) is 91.0 cm³/mol. The summed E-state index contributed by atoms with van der Waals surface area (Å²) >= 11 is 0. The molecule has 2 aromatic rings. The van der Waals surface area contributed by atoms with Gasteiger partial charge in [0, 0.05) is 0 Å². The summed E-state index contributed by atoms with van der Waals surface area (Å²) in [4.78, 5) is 10.4. The molecule has 0 bridgehead atoms. The lowest BCUT2D eigenvalue weighted by atomic mass is 10.3. The second-order valence-electron chi connectivity index (χ2n) is 5.24. The van der Waals surface area contributed by atoms with Gasteiger partial charge in [0.15, 0.2) is 17.5 Å². The summed E-state index contributed by atoms with van der Waals surface area (Å²) in [7, 11) is -3.06. The van der Waals surface area contributed by atoms with E-state index in [1.165, 1.54) is 7.11 Å². The Bertz CT molecular complexity index is 935. The number of esters is 1. The van der Waals surface area contributed by atoms with Crippen LogP contribution in [0.15, 0.2) is 41.3 Å². The van der Waals surface area contributed by atoms with Gasteiger partial charge in [-0.3, -0.25) is 4.79 Å². The summed E-state index contributed by atoms with van der Waals surface area (Å²) in [5, 5.41) is 0. The van der Waals surface area contributed by atoms with Crippen LogP contribution < -0.4 is 14.2 Å². The number of hydrogen-bond donors (Lipinski definition) is 1. The third-order valence-corrected chi connectivity index (χ3v) is 4.79. The van der Waals surface area contributed by atoms with E-state index in [-0.39, 0.29) is 13.2 Å². The first kappa shape index (κ1) is 21.5. The Morgan fingerprint density at radius 2 is 1.61 bits per heavy atom. The molecule has 1 N–H and O–H groups in total. The normalized spacial score (nSPS) is 11.1. The Labute approximate surface area is 159 Å². The van der Waals surface area contributed by atoms with Crippen molar-refractivity contribution in [1.82, 2.24) is 4.72 Å². The fraction of sp³-hybridized carbons (Fsp3) is 0.235. The Hall–Kier alpha value is -2.79. The second kappa shape index (κ2) is 9.42. The molecule has 0 aliphatic carbocycles. The number of sulfonamides is 1. The molecular weight excluding hydrogens is 403 g/mol. The van der Waals surface area contributed by atoms with Crippen molar-refractivity contribution in [2.45, 2.75) is 4.90 Å². The van der Waals surface area contributed by atoms with Gasteiger partial charge >= 0.3 is 5.97 Å². The van der Waals surface area contributed by atoms with Crippen molar-refractivity contribution in [3.63, 3.8) is 0 Å². The lowest BCUT2D eigenvalue weighted by Gasteiger charge is -2.10. The van der Waals surface area contributed by atoms with E-state index in [1.807, 2.05) is 0 Å². The van der Waals surface area contributed by atoms with Crippen LogP contribution in [0.25, 0.3) is 0 Å². The first-order valence-corrected chi connectivity index (χ1v) is 9.28. The lowest BCUT2D eigenvalue weighted by Crippen LogP contribution is -2.32. The van der Waals surface area contributed by atoms with Crippen LogP contribution in [-0.4, -0.2) is 41.3 Å². The van der Waals surface area contributed by atoms with Crippen LogP contribution in [0.1, 0.15) is 0 Å². The van der Waals surface area contributed by atoms with Crippen LogP contribution in [-0.2, 0) is 19.6 Å². The summed E-state index contributed by atoms with van der Waals surface area (Å²) in [5.41, 5.74) is 0. The standard InChI is InChI=1S/C17H16F3NO6S/c1-25-11-2-4-12(5-3-11)26-8-9-27-15(22)10-21-28(23,24)14-7-6-13(18)16(19)17(14)20/h2-7,21H,8-10H2,1H3. The number of methoxy groups -OCH3 is 1. The second-order valence-corrected chi connectivity index (χ2v) is 6.98. The third-order valence-electron chi connectivity index (χ3n) is 3.37. The molecule has 0 aromatic heterocycles. The zero-order chi connectivity index (χ0) is 20.7. The highest BCUT2D eigenvalue weighted by Crippen LogP contribution is 2.19. The van der Waals surface area contributed by atoms with Crippen LogP contribution in [0.2, 0.25) is 0 Å². The van der Waals surface area contributed by atoms with Crippen molar-refractivity contribution in [3.05, 3.63) is 53.8 Å². The number of rotatable bonds is 9. The first-order valence-electron chi connectivity index (χ1n) is 7.80. The molecule has 2 rings (SSSR count). The Morgan fingerprint density at radius 3 is 2.25 bits per heavy atom. The van der Waals surface area contributed by atoms with Crippen molar-refractivity contribution in [2.75, 3.05) is 26.9 Å². The average Bonchev–Trinajstić information content (AvgIpc) is 2.68. The summed E-state index contributed by atoms with van der Waals surface area (Å²) in [5.74, 6) is -5.16. The number of carbonyl (C=O) groups is 1. The molecule has 0 aliphatic heterocycles. The van der Waals surface area contributed by atoms with Gasteiger partial charge in [0.05, 0.1) is 7.11 Å². The lowest BCUT2D eigenvalue weighted by molar-refractivity contribution is -0.142. The number of ether oxygens (including phenoxy) is 3. The highest BCUT2D eigenvalue weighted by Gasteiger charge is 2.24. The number of halogens is 3. The van der Waals surface area contributed by atoms with Gasteiger partial charge in [0.2, 0.25) is 10.0 Å². The summed E-state index contributed by atoms with van der Waals surface area (Å²) in [6.45, 7) is -1.00. The van der Waals surface area contributed by atoms with Crippen LogP contribution >= 0.6 is 0 Å². The number of hydrogen-bond acceptors (Lipinski definition) is 6. The van der Waals surface area contributed by atoms with Crippen LogP contribution in [0, 0.1) is 17.5 Å². The fourth-order valence-corrected chi connectivity index (χ4v) is 3.02. The van der Waals surface area contributed by atoms with Crippen LogP contribution in [0.4, 0.5) is 13.2 Å². The van der Waals surface area contributed by atoms with Crippen molar-refractivity contribution in [1.29, 1.82) is 0 Å². The molecule has 0 saturated heterocycles. The van der Waals surface area contributed by atoms with Crippen molar-refractivity contribution in [2.24, 2.45) is 0 Å². The van der Waals surface area contributed by atoms with Gasteiger partial charge in [-0.15, -0.1) is 0 Å². The molecule has 0 saturated carbocycles. The monoisotopic (exact) mass is 419 g/mol. The summed E-state index contributed by atoms with van der Waals surface area (Å²) < 4.78 is 80.2. The molecule has 7 nitrogen and oxygen atoms in total.